The molecular formula is C26H31N5O4. The van der Waals surface area contributed by atoms with Gasteiger partial charge in [0.05, 0.1) is 29.6 Å². The van der Waals surface area contributed by atoms with Crippen LogP contribution in [0.1, 0.15) is 26.4 Å². The van der Waals surface area contributed by atoms with Crippen LogP contribution in [0.2, 0.25) is 0 Å². The van der Waals surface area contributed by atoms with Gasteiger partial charge in [0.2, 0.25) is 0 Å². The van der Waals surface area contributed by atoms with Crippen LogP contribution in [0.25, 0.3) is 11.3 Å². The standard InChI is InChI=1S/C26H31N5O4/c1-15-10-16(2)24(17(3)11-15)29-23-14-20-19-13-22(35-5)21(34-4)12-18(19)6-8-30(20)26(33)31(23)9-7-28-25(27)32/h10-14H,6-9H2,1-5H3,(H3,27,28,32)/i5D3. The molecule has 0 fully saturated rings. The highest BCUT2D eigenvalue weighted by Crippen LogP contribution is 2.37. The summed E-state index contributed by atoms with van der Waals surface area (Å²) < 4.78 is 36.3. The number of fused-ring (bicyclic) bond motifs is 3. The molecule has 1 aromatic heterocycles. The third kappa shape index (κ3) is 4.66. The molecule has 2 heterocycles. The van der Waals surface area contributed by atoms with Crippen molar-refractivity contribution in [2.24, 2.45) is 10.7 Å². The first-order valence-corrected chi connectivity index (χ1v) is 11.3. The second-order valence-corrected chi connectivity index (χ2v) is 8.64. The third-order valence-electron chi connectivity index (χ3n) is 6.17. The Labute approximate surface area is 208 Å². The molecule has 3 aromatic rings. The molecule has 4 rings (SSSR count). The molecule has 0 saturated carbocycles. The van der Waals surface area contributed by atoms with Crippen LogP contribution < -0.4 is 31.7 Å². The fraction of sp³-hybridized carbons (Fsp3) is 0.346. The fourth-order valence-corrected chi connectivity index (χ4v) is 4.64. The lowest BCUT2D eigenvalue weighted by molar-refractivity contribution is 0.248. The van der Waals surface area contributed by atoms with Crippen molar-refractivity contribution >= 4 is 11.7 Å². The lowest BCUT2D eigenvalue weighted by Gasteiger charge is -2.24. The van der Waals surface area contributed by atoms with Gasteiger partial charge in [0.25, 0.3) is 0 Å². The first-order valence-electron chi connectivity index (χ1n) is 12.8. The van der Waals surface area contributed by atoms with E-state index < -0.39 is 13.1 Å². The number of hydrogen-bond donors (Lipinski definition) is 2. The summed E-state index contributed by atoms with van der Waals surface area (Å²) in [4.78, 5) is 29.9. The topological polar surface area (TPSA) is 113 Å². The highest BCUT2D eigenvalue weighted by Gasteiger charge is 2.22. The Morgan fingerprint density at radius 1 is 1.14 bits per heavy atom. The number of hydrogen-bond acceptors (Lipinski definition) is 5. The predicted octanol–water partition coefficient (Wildman–Crippen LogP) is 2.72. The van der Waals surface area contributed by atoms with Gasteiger partial charge in [-0.15, -0.1) is 0 Å². The first kappa shape index (κ1) is 20.4. The molecule has 184 valence electrons. The van der Waals surface area contributed by atoms with Crippen LogP contribution in [0.5, 0.6) is 11.5 Å². The maximum absolute atomic E-state index is 13.7. The summed E-state index contributed by atoms with van der Waals surface area (Å²) in [7, 11) is -1.23. The van der Waals surface area contributed by atoms with Crippen LogP contribution in [0.4, 0.5) is 10.5 Å². The van der Waals surface area contributed by atoms with E-state index in [-0.39, 0.29) is 24.5 Å². The van der Waals surface area contributed by atoms with Crippen molar-refractivity contribution in [2.75, 3.05) is 20.7 Å². The monoisotopic (exact) mass is 480 g/mol. The molecule has 2 aromatic carbocycles. The quantitative estimate of drug-likeness (QED) is 0.565. The van der Waals surface area contributed by atoms with E-state index in [0.29, 0.717) is 35.5 Å². The van der Waals surface area contributed by atoms with Crippen LogP contribution in [-0.4, -0.2) is 35.9 Å². The maximum Gasteiger partial charge on any atom is 0.330 e. The number of amides is 2. The number of ether oxygens (including phenoxy) is 2. The molecule has 2 amide bonds. The molecule has 0 bridgehead atoms. The smallest absolute Gasteiger partial charge is 0.330 e. The second kappa shape index (κ2) is 9.69. The van der Waals surface area contributed by atoms with Gasteiger partial charge in [-0.05, 0) is 56.0 Å². The SMILES string of the molecule is [2H]C([2H])([2H])Oc1cc2c(cc1OC)CCn1c-2cc(=Nc2c(C)cc(C)cc2C)n(CCNC(N)=O)c1=O. The number of carbonyl (C=O) groups excluding carboxylic acids is 1. The molecule has 0 atom stereocenters. The lowest BCUT2D eigenvalue weighted by atomic mass is 9.97. The normalized spacial score (nSPS) is 14.3. The predicted molar refractivity (Wildman–Crippen MR) is 134 cm³/mol. The number of nitrogens with zero attached hydrogens (tertiary/aromatic N) is 3. The van der Waals surface area contributed by atoms with Crippen molar-refractivity contribution in [1.29, 1.82) is 0 Å². The second-order valence-electron chi connectivity index (χ2n) is 8.64. The van der Waals surface area contributed by atoms with Crippen LogP contribution in [0, 0.1) is 20.8 Å². The zero-order valence-corrected chi connectivity index (χ0v) is 20.3. The number of urea groups is 1. The van der Waals surface area contributed by atoms with E-state index in [4.69, 9.17) is 24.3 Å². The number of aryl methyl sites for hydroxylation is 4. The Kier molecular flexibility index (Phi) is 5.64. The molecule has 1 aliphatic heterocycles. The van der Waals surface area contributed by atoms with Crippen LogP contribution >= 0.6 is 0 Å². The van der Waals surface area contributed by atoms with Crippen LogP contribution in [-0.2, 0) is 19.5 Å². The van der Waals surface area contributed by atoms with Crippen molar-refractivity contribution < 1.29 is 18.4 Å². The molecule has 3 N–H and O–H groups in total. The van der Waals surface area contributed by atoms with Crippen molar-refractivity contribution in [1.82, 2.24) is 14.5 Å². The van der Waals surface area contributed by atoms with Crippen LogP contribution in [0.15, 0.2) is 40.1 Å². The molecule has 35 heavy (non-hydrogen) atoms. The number of primary amides is 1. The van der Waals surface area contributed by atoms with Gasteiger partial charge in [0.15, 0.2) is 11.5 Å². The molecule has 0 aliphatic carbocycles. The Hall–Kier alpha value is -4.01. The minimum absolute atomic E-state index is 0.0539. The van der Waals surface area contributed by atoms with Gasteiger partial charge >= 0.3 is 11.7 Å². The fourth-order valence-electron chi connectivity index (χ4n) is 4.64. The average Bonchev–Trinajstić information content (AvgIpc) is 2.81. The van der Waals surface area contributed by atoms with Crippen molar-refractivity contribution in [2.45, 2.75) is 40.3 Å². The molecule has 1 aliphatic rings. The molecule has 9 nitrogen and oxygen atoms in total. The highest BCUT2D eigenvalue weighted by atomic mass is 16.5. The van der Waals surface area contributed by atoms with Gasteiger partial charge in [-0.2, -0.15) is 0 Å². The molecule has 0 spiro atoms. The van der Waals surface area contributed by atoms with E-state index in [0.717, 1.165) is 27.9 Å². The van der Waals surface area contributed by atoms with Gasteiger partial charge in [0, 0.05) is 31.3 Å². The van der Waals surface area contributed by atoms with Gasteiger partial charge in [0.1, 0.15) is 5.49 Å². The maximum atomic E-state index is 13.7. The molecule has 0 unspecified atom stereocenters. The number of carbonyl (C=O) groups is 1. The minimum atomic E-state index is -2.68. The van der Waals surface area contributed by atoms with Crippen molar-refractivity contribution in [3.63, 3.8) is 0 Å². The van der Waals surface area contributed by atoms with Gasteiger partial charge in [-0.1, -0.05) is 17.7 Å². The van der Waals surface area contributed by atoms with Crippen molar-refractivity contribution in [3.05, 3.63) is 68.6 Å². The molecule has 0 radical (unpaired) electrons. The number of nitrogens with two attached hydrogens (primary N) is 1. The summed E-state index contributed by atoms with van der Waals surface area (Å²) in [5, 5.41) is 2.52. The summed E-state index contributed by atoms with van der Waals surface area (Å²) in [6, 6.07) is 8.50. The Bertz CT molecular complexity index is 1520. The number of nitrogens with one attached hydrogen (secondary N) is 1. The third-order valence-corrected chi connectivity index (χ3v) is 6.17. The number of methoxy groups -OCH3 is 2. The molecular weight excluding hydrogens is 446 g/mol. The Morgan fingerprint density at radius 3 is 2.51 bits per heavy atom. The minimum Gasteiger partial charge on any atom is -0.493 e. The molecule has 0 saturated heterocycles. The van der Waals surface area contributed by atoms with Crippen LogP contribution in [0.3, 0.4) is 0 Å². The van der Waals surface area contributed by atoms with Gasteiger partial charge in [-0.3, -0.25) is 9.13 Å². The van der Waals surface area contributed by atoms with Crippen molar-refractivity contribution in [3.8, 4) is 22.8 Å². The Balaban J connectivity index is 1.97. The number of benzene rings is 2. The summed E-state index contributed by atoms with van der Waals surface area (Å²) >= 11 is 0. The zero-order chi connectivity index (χ0) is 27.8. The van der Waals surface area contributed by atoms with Gasteiger partial charge in [-0.25, -0.2) is 14.6 Å². The zero-order valence-electron chi connectivity index (χ0n) is 23.3. The van der Waals surface area contributed by atoms with E-state index in [1.807, 2.05) is 32.9 Å². The van der Waals surface area contributed by atoms with E-state index in [1.165, 1.54) is 11.7 Å². The van der Waals surface area contributed by atoms with E-state index >= 15 is 0 Å². The number of aromatic nitrogens is 2. The summed E-state index contributed by atoms with van der Waals surface area (Å²) in [6.07, 6.45) is 0.527. The largest absolute Gasteiger partial charge is 0.493 e. The van der Waals surface area contributed by atoms with E-state index in [2.05, 4.69) is 5.32 Å². The summed E-state index contributed by atoms with van der Waals surface area (Å²) in [5.41, 5.74) is 11.2. The first-order chi connectivity index (χ1) is 17.9. The number of rotatable bonds is 6. The lowest BCUT2D eigenvalue weighted by Crippen LogP contribution is -2.44. The summed E-state index contributed by atoms with van der Waals surface area (Å²) in [5.74, 6) is 0.355. The highest BCUT2D eigenvalue weighted by molar-refractivity contribution is 5.71. The molecule has 9 heteroatoms. The Morgan fingerprint density at radius 2 is 1.86 bits per heavy atom. The van der Waals surface area contributed by atoms with Gasteiger partial charge < -0.3 is 20.5 Å². The summed E-state index contributed by atoms with van der Waals surface area (Å²) in [6.45, 7) is 6.64. The van der Waals surface area contributed by atoms with E-state index in [9.17, 15) is 9.59 Å². The van der Waals surface area contributed by atoms with E-state index in [1.54, 1.807) is 22.8 Å². The average molecular weight is 481 g/mol.